The summed E-state index contributed by atoms with van der Waals surface area (Å²) in [6.45, 7) is 5.00. The average Bonchev–Trinajstić information content (AvgIpc) is 2.83. The Hall–Kier alpha value is -0.610. The highest BCUT2D eigenvalue weighted by Gasteiger charge is 2.41. The van der Waals surface area contributed by atoms with Crippen LogP contribution in [-0.2, 0) is 4.79 Å². The van der Waals surface area contributed by atoms with Crippen LogP contribution >= 0.6 is 0 Å². The zero-order valence-electron chi connectivity index (χ0n) is 11.9. The second kappa shape index (κ2) is 7.74. The minimum absolute atomic E-state index is 0.152. The highest BCUT2D eigenvalue weighted by atomic mass is 16.2. The Bertz CT molecular complexity index is 250. The van der Waals surface area contributed by atoms with E-state index in [0.29, 0.717) is 5.91 Å². The second-order valence-electron chi connectivity index (χ2n) is 5.47. The first-order valence-corrected chi connectivity index (χ1v) is 7.23. The third-order valence-corrected chi connectivity index (χ3v) is 3.92. The predicted octanol–water partition coefficient (Wildman–Crippen LogP) is 1.39. The van der Waals surface area contributed by atoms with E-state index in [9.17, 15) is 4.79 Å². The fourth-order valence-corrected chi connectivity index (χ4v) is 2.87. The van der Waals surface area contributed by atoms with Crippen LogP contribution in [0.1, 0.15) is 45.4 Å². The Morgan fingerprint density at radius 3 is 2.72 bits per heavy atom. The predicted molar refractivity (Wildman–Crippen MR) is 73.4 cm³/mol. The molecule has 18 heavy (non-hydrogen) atoms. The zero-order chi connectivity index (χ0) is 13.4. The SMILES string of the molecule is CCCC1(C(=O)N(C)CCCCCO)CCNC1. The lowest BCUT2D eigenvalue weighted by atomic mass is 9.81. The lowest BCUT2D eigenvalue weighted by molar-refractivity contribution is -0.140. The summed E-state index contributed by atoms with van der Waals surface area (Å²) in [6, 6.07) is 0. The molecule has 1 aliphatic heterocycles. The van der Waals surface area contributed by atoms with Gasteiger partial charge in [0, 0.05) is 26.7 Å². The molecule has 4 nitrogen and oxygen atoms in total. The molecule has 1 atom stereocenters. The third-order valence-electron chi connectivity index (χ3n) is 3.92. The highest BCUT2D eigenvalue weighted by molar-refractivity contribution is 5.83. The fraction of sp³-hybridized carbons (Fsp3) is 0.929. The standard InChI is InChI=1S/C14H28N2O2/c1-3-7-14(8-9-15-12-14)13(18)16(2)10-5-4-6-11-17/h15,17H,3-12H2,1-2H3. The van der Waals surface area contributed by atoms with E-state index in [1.54, 1.807) is 0 Å². The van der Waals surface area contributed by atoms with E-state index < -0.39 is 0 Å². The number of aliphatic hydroxyl groups is 1. The van der Waals surface area contributed by atoms with Crippen molar-refractivity contribution in [2.45, 2.75) is 45.4 Å². The lowest BCUT2D eigenvalue weighted by Gasteiger charge is -2.31. The Kier molecular flexibility index (Phi) is 6.65. The van der Waals surface area contributed by atoms with Gasteiger partial charge in [0.15, 0.2) is 0 Å². The molecule has 106 valence electrons. The van der Waals surface area contributed by atoms with Gasteiger partial charge in [-0.2, -0.15) is 0 Å². The first-order chi connectivity index (χ1) is 8.66. The van der Waals surface area contributed by atoms with Crippen LogP contribution in [0.25, 0.3) is 0 Å². The molecule has 1 fully saturated rings. The Morgan fingerprint density at radius 1 is 1.39 bits per heavy atom. The van der Waals surface area contributed by atoms with Crippen LogP contribution in [0.3, 0.4) is 0 Å². The summed E-state index contributed by atoms with van der Waals surface area (Å²) >= 11 is 0. The molecule has 1 amide bonds. The molecule has 1 unspecified atom stereocenters. The maximum absolute atomic E-state index is 12.6. The minimum atomic E-state index is -0.152. The van der Waals surface area contributed by atoms with Crippen molar-refractivity contribution in [2.75, 3.05) is 33.3 Å². The number of nitrogens with zero attached hydrogens (tertiary/aromatic N) is 1. The van der Waals surface area contributed by atoms with Crippen molar-refractivity contribution in [3.63, 3.8) is 0 Å². The largest absolute Gasteiger partial charge is 0.396 e. The van der Waals surface area contributed by atoms with Gasteiger partial charge in [0.2, 0.25) is 5.91 Å². The topological polar surface area (TPSA) is 52.6 Å². The van der Waals surface area contributed by atoms with Crippen molar-refractivity contribution in [3.05, 3.63) is 0 Å². The molecule has 0 aliphatic carbocycles. The molecule has 0 aromatic heterocycles. The van der Waals surface area contributed by atoms with Crippen molar-refractivity contribution in [3.8, 4) is 0 Å². The van der Waals surface area contributed by atoms with Crippen LogP contribution in [-0.4, -0.2) is 49.2 Å². The van der Waals surface area contributed by atoms with Gasteiger partial charge >= 0.3 is 0 Å². The van der Waals surface area contributed by atoms with E-state index in [4.69, 9.17) is 5.11 Å². The summed E-state index contributed by atoms with van der Waals surface area (Å²) in [6.07, 6.45) is 5.83. The van der Waals surface area contributed by atoms with Crippen molar-refractivity contribution in [1.29, 1.82) is 0 Å². The molecule has 0 aromatic rings. The van der Waals surface area contributed by atoms with Crippen LogP contribution in [0.2, 0.25) is 0 Å². The molecule has 0 radical (unpaired) electrons. The van der Waals surface area contributed by atoms with Gasteiger partial charge in [-0.1, -0.05) is 13.3 Å². The zero-order valence-corrected chi connectivity index (χ0v) is 11.9. The van der Waals surface area contributed by atoms with Gasteiger partial charge in [0.25, 0.3) is 0 Å². The number of unbranched alkanes of at least 4 members (excludes halogenated alkanes) is 2. The molecule has 0 aromatic carbocycles. The summed E-state index contributed by atoms with van der Waals surface area (Å²) < 4.78 is 0. The smallest absolute Gasteiger partial charge is 0.229 e. The third kappa shape index (κ3) is 3.95. The van der Waals surface area contributed by atoms with E-state index in [0.717, 1.165) is 58.2 Å². The van der Waals surface area contributed by atoms with Crippen LogP contribution in [0.15, 0.2) is 0 Å². The Balaban J connectivity index is 2.44. The Morgan fingerprint density at radius 2 is 2.17 bits per heavy atom. The number of carbonyl (C=O) groups is 1. The molecule has 1 aliphatic rings. The molecular weight excluding hydrogens is 228 g/mol. The molecule has 0 saturated carbocycles. The number of amides is 1. The molecule has 1 rings (SSSR count). The van der Waals surface area contributed by atoms with E-state index in [1.165, 1.54) is 0 Å². The maximum Gasteiger partial charge on any atom is 0.229 e. The van der Waals surface area contributed by atoms with E-state index in [1.807, 2.05) is 11.9 Å². The van der Waals surface area contributed by atoms with E-state index >= 15 is 0 Å². The molecule has 0 bridgehead atoms. The molecule has 0 spiro atoms. The van der Waals surface area contributed by atoms with Crippen molar-refractivity contribution >= 4 is 5.91 Å². The fourth-order valence-electron chi connectivity index (χ4n) is 2.87. The first kappa shape index (κ1) is 15.4. The van der Waals surface area contributed by atoms with Crippen LogP contribution < -0.4 is 5.32 Å². The number of hydrogen-bond acceptors (Lipinski definition) is 3. The van der Waals surface area contributed by atoms with Gasteiger partial charge < -0.3 is 15.3 Å². The molecule has 1 saturated heterocycles. The summed E-state index contributed by atoms with van der Waals surface area (Å²) in [4.78, 5) is 14.4. The minimum Gasteiger partial charge on any atom is -0.396 e. The molecule has 2 N–H and O–H groups in total. The summed E-state index contributed by atoms with van der Waals surface area (Å²) in [5, 5.41) is 12.1. The normalized spacial score (nSPS) is 23.3. The summed E-state index contributed by atoms with van der Waals surface area (Å²) in [7, 11) is 1.91. The van der Waals surface area contributed by atoms with Crippen LogP contribution in [0.5, 0.6) is 0 Å². The van der Waals surface area contributed by atoms with Gasteiger partial charge in [0.05, 0.1) is 5.41 Å². The molecule has 1 heterocycles. The quantitative estimate of drug-likeness (QED) is 0.645. The highest BCUT2D eigenvalue weighted by Crippen LogP contribution is 2.33. The first-order valence-electron chi connectivity index (χ1n) is 7.23. The van der Waals surface area contributed by atoms with E-state index in [2.05, 4.69) is 12.2 Å². The van der Waals surface area contributed by atoms with Crippen molar-refractivity contribution < 1.29 is 9.90 Å². The van der Waals surface area contributed by atoms with Gasteiger partial charge in [-0.3, -0.25) is 4.79 Å². The van der Waals surface area contributed by atoms with Crippen molar-refractivity contribution in [2.24, 2.45) is 5.41 Å². The van der Waals surface area contributed by atoms with Gasteiger partial charge in [-0.15, -0.1) is 0 Å². The number of rotatable bonds is 8. The van der Waals surface area contributed by atoms with Gasteiger partial charge in [-0.25, -0.2) is 0 Å². The Labute approximate surface area is 111 Å². The van der Waals surface area contributed by atoms with Crippen molar-refractivity contribution in [1.82, 2.24) is 10.2 Å². The maximum atomic E-state index is 12.6. The average molecular weight is 256 g/mol. The van der Waals surface area contributed by atoms with Crippen LogP contribution in [0, 0.1) is 5.41 Å². The number of carbonyl (C=O) groups excluding carboxylic acids is 1. The van der Waals surface area contributed by atoms with Gasteiger partial charge in [0.1, 0.15) is 0 Å². The lowest BCUT2D eigenvalue weighted by Crippen LogP contribution is -2.43. The summed E-state index contributed by atoms with van der Waals surface area (Å²) in [5.74, 6) is 0.304. The van der Waals surface area contributed by atoms with E-state index in [-0.39, 0.29) is 12.0 Å². The monoisotopic (exact) mass is 256 g/mol. The number of aliphatic hydroxyl groups excluding tert-OH is 1. The summed E-state index contributed by atoms with van der Waals surface area (Å²) in [5.41, 5.74) is -0.152. The molecule has 4 heteroatoms. The number of hydrogen-bond donors (Lipinski definition) is 2. The van der Waals surface area contributed by atoms with Gasteiger partial charge in [-0.05, 0) is 38.6 Å². The second-order valence-corrected chi connectivity index (χ2v) is 5.47. The number of nitrogens with one attached hydrogen (secondary N) is 1. The molecular formula is C14H28N2O2. The van der Waals surface area contributed by atoms with Crippen LogP contribution in [0.4, 0.5) is 0 Å².